The van der Waals surface area contributed by atoms with E-state index in [1.54, 1.807) is 43.7 Å². The number of non-ortho nitro benzene ring substituents is 2. The number of imide groups is 2. The van der Waals surface area contributed by atoms with Crippen molar-refractivity contribution >= 4 is 73.6 Å². The van der Waals surface area contributed by atoms with Crippen molar-refractivity contribution in [2.75, 3.05) is 4.90 Å². The number of hydrogen-bond donors (Lipinski definition) is 1. The lowest BCUT2D eigenvalue weighted by molar-refractivity contribution is -0.394. The number of alkyl halides is 3. The second-order valence-electron chi connectivity index (χ2n) is 16.2. The molecule has 3 aromatic carbocycles. The number of nitrogens with one attached hydrogen (secondary N) is 1. The molecule has 1 N–H and O–H groups in total. The minimum atomic E-state index is -5.22. The number of nitro benzene ring substituents is 2. The first-order valence-electron chi connectivity index (χ1n) is 19.7. The Morgan fingerprint density at radius 3 is 1.54 bits per heavy atom. The molecule has 4 amide bonds. The molecular weight excluding hydrogens is 822 g/mol. The Kier molecular flexibility index (Phi) is 10.7. The lowest BCUT2D eigenvalue weighted by Gasteiger charge is -2.17. The lowest BCUT2D eigenvalue weighted by atomic mass is 9.90. The molecule has 0 atom stereocenters. The number of amides is 4. The Morgan fingerprint density at radius 2 is 1.08 bits per heavy atom. The molecule has 0 unspecified atom stereocenters. The summed E-state index contributed by atoms with van der Waals surface area (Å²) in [6, 6.07) is 13.1. The number of nitrogens with zero attached hydrogens (tertiary/aromatic N) is 5. The quantitative estimate of drug-likeness (QED) is 0.0695. The van der Waals surface area contributed by atoms with Crippen molar-refractivity contribution in [2.45, 2.75) is 67.5 Å². The minimum Gasteiger partial charge on any atom is -0.347 e. The second kappa shape index (κ2) is 15.5. The third kappa shape index (κ3) is 7.12. The maximum atomic E-state index is 15.7. The van der Waals surface area contributed by atoms with Crippen LogP contribution in [-0.4, -0.2) is 48.8 Å². The van der Waals surface area contributed by atoms with Gasteiger partial charge in [-0.15, -0.1) is 0 Å². The first-order valence-corrected chi connectivity index (χ1v) is 19.7. The summed E-state index contributed by atoms with van der Waals surface area (Å²) in [5, 5.41) is 26.8. The van der Waals surface area contributed by atoms with E-state index in [-0.39, 0.29) is 22.2 Å². The molecule has 14 nitrogen and oxygen atoms in total. The minimum absolute atomic E-state index is 0.0450. The van der Waals surface area contributed by atoms with Crippen LogP contribution in [0.5, 0.6) is 0 Å². The summed E-state index contributed by atoms with van der Waals surface area (Å²) in [4.78, 5) is 75.8. The molecule has 0 saturated carbocycles. The van der Waals surface area contributed by atoms with Crippen LogP contribution in [0.3, 0.4) is 0 Å². The summed E-state index contributed by atoms with van der Waals surface area (Å²) >= 11 is 0. The third-order valence-electron chi connectivity index (χ3n) is 11.9. The molecule has 2 aromatic heterocycles. The van der Waals surface area contributed by atoms with Crippen LogP contribution in [-0.2, 0) is 46.1 Å². The molecule has 0 radical (unpaired) electrons. The van der Waals surface area contributed by atoms with Gasteiger partial charge >= 0.3 is 6.18 Å². The standard InChI is InChI=1S/C46H41F3N6O8/c1-21(2)35-38(43(57)50-42(35)56)23(5)37-24(6)51(8)33-14-12-26(16-31(33)37)10-11-27-13-15-34-32(17-27)39(25(7)52(34)9)41(46(47,48)49)40-36(22(3)4)44(58)53(45(40)59)28-18-29(54(60)61)20-30(19-28)55(62)63/h12-20H,10-11H2,1-9H3,(H,50,56,57)/b38-23-,41-40+. The van der Waals surface area contributed by atoms with E-state index in [9.17, 15) is 39.4 Å². The van der Waals surface area contributed by atoms with Crippen LogP contribution >= 0.6 is 0 Å². The first kappa shape index (κ1) is 43.7. The maximum Gasteiger partial charge on any atom is 0.417 e. The summed E-state index contributed by atoms with van der Waals surface area (Å²) in [5.41, 5.74) is 1.14. The Labute approximate surface area is 357 Å². The van der Waals surface area contributed by atoms with Crippen molar-refractivity contribution in [1.82, 2.24) is 14.5 Å². The number of fused-ring (bicyclic) bond motifs is 2. The molecular formula is C46H41F3N6O8. The molecule has 7 rings (SSSR count). The van der Waals surface area contributed by atoms with Gasteiger partial charge in [-0.2, -0.15) is 13.2 Å². The smallest absolute Gasteiger partial charge is 0.347 e. The molecule has 0 bridgehead atoms. The van der Waals surface area contributed by atoms with Crippen LogP contribution in [0.2, 0.25) is 0 Å². The number of benzene rings is 3. The fraction of sp³-hybridized carbons (Fsp3) is 0.261. The van der Waals surface area contributed by atoms with Crippen LogP contribution in [0.25, 0.3) is 33.0 Å². The van der Waals surface area contributed by atoms with E-state index in [0.717, 1.165) is 39.9 Å². The van der Waals surface area contributed by atoms with Crippen molar-refractivity contribution in [2.24, 2.45) is 14.1 Å². The van der Waals surface area contributed by atoms with Crippen molar-refractivity contribution in [3.05, 3.63) is 142 Å². The zero-order valence-corrected chi connectivity index (χ0v) is 35.7. The van der Waals surface area contributed by atoms with E-state index in [1.807, 2.05) is 43.7 Å². The molecule has 2 saturated heterocycles. The van der Waals surface area contributed by atoms with Crippen LogP contribution < -0.4 is 10.2 Å². The topological polar surface area (TPSA) is 180 Å². The van der Waals surface area contributed by atoms with E-state index in [4.69, 9.17) is 0 Å². The number of carbonyl (C=O) groups excluding carboxylic acids is 4. The van der Waals surface area contributed by atoms with Crippen LogP contribution in [0, 0.1) is 34.1 Å². The van der Waals surface area contributed by atoms with Gasteiger partial charge in [0.2, 0.25) is 0 Å². The monoisotopic (exact) mass is 862 g/mol. The van der Waals surface area contributed by atoms with E-state index >= 15 is 13.2 Å². The molecule has 2 fully saturated rings. The SMILES string of the molecule is CC(C)=C1C(=O)NC(=O)/C1=C(/C)c1c(C)n(C)c2ccc(CCc3ccc4c(c3)c(/C(=C3\C(=O)N(c5cc([N+](=O)[O-])cc([N+](=O)[O-])c5)C(=O)C3=C(C)C)C(F)(F)F)c(C)n4C)cc12. The Hall–Kier alpha value is -7.43. The fourth-order valence-corrected chi connectivity index (χ4v) is 8.83. The molecule has 2 aliphatic heterocycles. The number of carbonyl (C=O) groups is 4. The first-order chi connectivity index (χ1) is 29.5. The van der Waals surface area contributed by atoms with Crippen molar-refractivity contribution in [3.63, 3.8) is 0 Å². The highest BCUT2D eigenvalue weighted by Crippen LogP contribution is 2.48. The third-order valence-corrected chi connectivity index (χ3v) is 11.9. The normalized spacial score (nSPS) is 16.2. The summed E-state index contributed by atoms with van der Waals surface area (Å²) in [7, 11) is 3.49. The highest BCUT2D eigenvalue weighted by atomic mass is 19.4. The largest absolute Gasteiger partial charge is 0.417 e. The van der Waals surface area contributed by atoms with Crippen LogP contribution in [0.15, 0.2) is 88.0 Å². The number of halogens is 3. The lowest BCUT2D eigenvalue weighted by Crippen LogP contribution is -2.30. The zero-order chi connectivity index (χ0) is 46.3. The Morgan fingerprint density at radius 1 is 0.635 bits per heavy atom. The summed E-state index contributed by atoms with van der Waals surface area (Å²) in [5.74, 6) is -3.58. The van der Waals surface area contributed by atoms with Gasteiger partial charge in [-0.3, -0.25) is 44.7 Å². The molecule has 63 heavy (non-hydrogen) atoms. The van der Waals surface area contributed by atoms with Gasteiger partial charge < -0.3 is 9.13 Å². The predicted octanol–water partition coefficient (Wildman–Crippen LogP) is 8.88. The number of rotatable bonds is 8. The Balaban J connectivity index is 1.34. The maximum absolute atomic E-state index is 15.7. The van der Waals surface area contributed by atoms with Gasteiger partial charge in [0.15, 0.2) is 0 Å². The van der Waals surface area contributed by atoms with Gasteiger partial charge in [0.05, 0.1) is 49.5 Å². The van der Waals surface area contributed by atoms with Crippen LogP contribution in [0.1, 0.15) is 68.3 Å². The fourth-order valence-electron chi connectivity index (χ4n) is 8.83. The van der Waals surface area contributed by atoms with Gasteiger partial charge in [-0.1, -0.05) is 23.3 Å². The highest BCUT2D eigenvalue weighted by Gasteiger charge is 2.50. The van der Waals surface area contributed by atoms with E-state index in [2.05, 4.69) is 5.32 Å². The average molecular weight is 863 g/mol. The van der Waals surface area contributed by atoms with Crippen molar-refractivity contribution in [3.8, 4) is 0 Å². The van der Waals surface area contributed by atoms with Crippen LogP contribution in [0.4, 0.5) is 30.2 Å². The van der Waals surface area contributed by atoms with Gasteiger partial charge in [0.1, 0.15) is 0 Å². The van der Waals surface area contributed by atoms with Gasteiger partial charge in [0.25, 0.3) is 35.0 Å². The summed E-state index contributed by atoms with van der Waals surface area (Å²) < 4.78 is 50.7. The van der Waals surface area contributed by atoms with E-state index < -0.39 is 73.4 Å². The molecule has 2 aliphatic rings. The van der Waals surface area contributed by atoms with Crippen molar-refractivity contribution in [1.29, 1.82) is 0 Å². The number of nitro groups is 2. The second-order valence-corrected chi connectivity index (χ2v) is 16.2. The number of allylic oxidation sites excluding steroid dienone is 4. The van der Waals surface area contributed by atoms with Gasteiger partial charge in [-0.25, -0.2) is 4.90 Å². The molecule has 5 aromatic rings. The van der Waals surface area contributed by atoms with Gasteiger partial charge in [-0.05, 0) is 102 Å². The summed E-state index contributed by atoms with van der Waals surface area (Å²) in [6.07, 6.45) is -4.39. The molecule has 0 aliphatic carbocycles. The molecule has 324 valence electrons. The number of anilines is 1. The average Bonchev–Trinajstić information content (AvgIpc) is 3.83. The molecule has 0 spiro atoms. The number of hydrogen-bond acceptors (Lipinski definition) is 8. The predicted molar refractivity (Wildman–Crippen MR) is 230 cm³/mol. The molecule has 17 heteroatoms. The Bertz CT molecular complexity index is 3060. The summed E-state index contributed by atoms with van der Waals surface area (Å²) in [6.45, 7) is 11.5. The molecule has 4 heterocycles. The zero-order valence-electron chi connectivity index (χ0n) is 35.7. The highest BCUT2D eigenvalue weighted by molar-refractivity contribution is 6.39. The number of aromatic nitrogens is 2. The van der Waals surface area contributed by atoms with E-state index in [1.165, 1.54) is 20.8 Å². The van der Waals surface area contributed by atoms with Gasteiger partial charge in [0, 0.05) is 70.5 Å². The van der Waals surface area contributed by atoms with Crippen molar-refractivity contribution < 1.29 is 42.2 Å². The number of aryl methyl sites for hydroxylation is 4. The van der Waals surface area contributed by atoms with E-state index in [0.29, 0.717) is 57.2 Å².